The van der Waals surface area contributed by atoms with Crippen molar-refractivity contribution < 1.29 is 0 Å². The summed E-state index contributed by atoms with van der Waals surface area (Å²) in [4.78, 5) is 2.20. The Balaban J connectivity index is 3.05. The molecule has 1 nitrogen and oxygen atoms in total. The predicted molar refractivity (Wildman–Crippen MR) is 58.6 cm³/mol. The van der Waals surface area contributed by atoms with Gasteiger partial charge in [-0.2, -0.15) is 0 Å². The van der Waals surface area contributed by atoms with Crippen LogP contribution in [-0.2, 0) is 0 Å². The summed E-state index contributed by atoms with van der Waals surface area (Å²) < 4.78 is 0. The first-order valence-corrected chi connectivity index (χ1v) is 4.54. The van der Waals surface area contributed by atoms with E-state index in [1.54, 1.807) is 0 Å². The maximum absolute atomic E-state index is 3.81. The molecule has 0 fully saturated rings. The molecule has 0 aromatic heterocycles. The Bertz CT molecular complexity index is 289. The van der Waals surface area contributed by atoms with Crippen molar-refractivity contribution in [2.24, 2.45) is 0 Å². The van der Waals surface area contributed by atoms with Gasteiger partial charge in [-0.15, -0.1) is 0 Å². The summed E-state index contributed by atoms with van der Waals surface area (Å²) in [5.41, 5.74) is 2.56. The Morgan fingerprint density at radius 2 is 1.92 bits per heavy atom. The molecule has 0 aliphatic carbocycles. The molecular formula is C12H17N. The van der Waals surface area contributed by atoms with Crippen molar-refractivity contribution in [1.29, 1.82) is 0 Å². The minimum absolute atomic E-state index is 0.439. The van der Waals surface area contributed by atoms with Crippen LogP contribution in [0.1, 0.15) is 24.1 Å². The zero-order valence-corrected chi connectivity index (χ0v) is 8.62. The first-order chi connectivity index (χ1) is 6.16. The molecule has 1 heteroatoms. The van der Waals surface area contributed by atoms with Crippen LogP contribution in [-0.4, -0.2) is 19.0 Å². The van der Waals surface area contributed by atoms with E-state index >= 15 is 0 Å². The Morgan fingerprint density at radius 1 is 1.31 bits per heavy atom. The molecule has 0 amide bonds. The van der Waals surface area contributed by atoms with Gasteiger partial charge in [0, 0.05) is 6.04 Å². The minimum Gasteiger partial charge on any atom is -0.303 e. The molecular weight excluding hydrogens is 158 g/mol. The third-order valence-corrected chi connectivity index (χ3v) is 2.44. The molecule has 1 atom stereocenters. The normalized spacial score (nSPS) is 12.9. The fourth-order valence-electron chi connectivity index (χ4n) is 1.36. The van der Waals surface area contributed by atoms with Crippen LogP contribution in [0, 0.1) is 0 Å². The first-order valence-electron chi connectivity index (χ1n) is 4.54. The van der Waals surface area contributed by atoms with E-state index in [0.717, 1.165) is 0 Å². The number of nitrogens with zero attached hydrogens (tertiary/aromatic N) is 1. The van der Waals surface area contributed by atoms with Crippen molar-refractivity contribution in [1.82, 2.24) is 4.90 Å². The first kappa shape index (κ1) is 10.0. The van der Waals surface area contributed by atoms with Gasteiger partial charge in [-0.3, -0.25) is 0 Å². The molecule has 70 valence electrons. The lowest BCUT2D eigenvalue weighted by molar-refractivity contribution is 0.321. The molecule has 0 heterocycles. The lowest BCUT2D eigenvalue weighted by Crippen LogP contribution is -2.17. The number of benzene rings is 1. The van der Waals surface area contributed by atoms with E-state index in [4.69, 9.17) is 0 Å². The van der Waals surface area contributed by atoms with Gasteiger partial charge in [0.15, 0.2) is 0 Å². The zero-order chi connectivity index (χ0) is 9.84. The van der Waals surface area contributed by atoms with Crippen LogP contribution in [0.3, 0.4) is 0 Å². The van der Waals surface area contributed by atoms with Gasteiger partial charge in [0.05, 0.1) is 0 Å². The molecule has 0 N–H and O–H groups in total. The quantitative estimate of drug-likeness (QED) is 0.682. The molecule has 0 aliphatic heterocycles. The third kappa shape index (κ3) is 2.19. The summed E-state index contributed by atoms with van der Waals surface area (Å²) >= 11 is 0. The molecule has 0 aliphatic rings. The Labute approximate surface area is 80.7 Å². The molecule has 13 heavy (non-hydrogen) atoms. The summed E-state index contributed by atoms with van der Waals surface area (Å²) in [5, 5.41) is 0. The van der Waals surface area contributed by atoms with Crippen LogP contribution in [0.15, 0.2) is 30.8 Å². The molecule has 0 saturated carbocycles. The molecule has 0 saturated heterocycles. The van der Waals surface area contributed by atoms with Gasteiger partial charge in [0.2, 0.25) is 0 Å². The number of hydrogen-bond donors (Lipinski definition) is 0. The summed E-state index contributed by atoms with van der Waals surface area (Å²) in [6.07, 6.45) is 1.91. The van der Waals surface area contributed by atoms with Crippen LogP contribution < -0.4 is 0 Å². The fourth-order valence-corrected chi connectivity index (χ4v) is 1.36. The van der Waals surface area contributed by atoms with Crippen LogP contribution >= 0.6 is 0 Å². The molecule has 0 bridgehead atoms. The molecule has 1 unspecified atom stereocenters. The highest BCUT2D eigenvalue weighted by Crippen LogP contribution is 2.21. The lowest BCUT2D eigenvalue weighted by Gasteiger charge is -2.21. The van der Waals surface area contributed by atoms with Gasteiger partial charge in [0.25, 0.3) is 0 Å². The minimum atomic E-state index is 0.439. The fraction of sp³-hybridized carbons (Fsp3) is 0.333. The number of hydrogen-bond acceptors (Lipinski definition) is 1. The smallest absolute Gasteiger partial charge is 0.0319 e. The Morgan fingerprint density at radius 3 is 2.46 bits per heavy atom. The second kappa shape index (κ2) is 4.24. The summed E-state index contributed by atoms with van der Waals surface area (Å²) in [6.45, 7) is 6.01. The highest BCUT2D eigenvalue weighted by atomic mass is 15.1. The van der Waals surface area contributed by atoms with Gasteiger partial charge >= 0.3 is 0 Å². The third-order valence-electron chi connectivity index (χ3n) is 2.44. The van der Waals surface area contributed by atoms with Crippen molar-refractivity contribution in [2.45, 2.75) is 13.0 Å². The molecule has 1 aromatic carbocycles. The van der Waals surface area contributed by atoms with E-state index in [0.29, 0.717) is 6.04 Å². The summed E-state index contributed by atoms with van der Waals surface area (Å²) in [6, 6.07) is 8.81. The number of rotatable bonds is 3. The molecule has 1 rings (SSSR count). The zero-order valence-electron chi connectivity index (χ0n) is 8.62. The van der Waals surface area contributed by atoms with Crippen LogP contribution in [0.25, 0.3) is 6.08 Å². The van der Waals surface area contributed by atoms with E-state index < -0.39 is 0 Å². The monoisotopic (exact) mass is 175 g/mol. The van der Waals surface area contributed by atoms with Gasteiger partial charge in [-0.05, 0) is 32.1 Å². The second-order valence-electron chi connectivity index (χ2n) is 3.47. The summed E-state index contributed by atoms with van der Waals surface area (Å²) in [5.74, 6) is 0. The van der Waals surface area contributed by atoms with Crippen LogP contribution in [0.2, 0.25) is 0 Å². The largest absolute Gasteiger partial charge is 0.303 e. The van der Waals surface area contributed by atoms with Crippen molar-refractivity contribution in [3.63, 3.8) is 0 Å². The highest BCUT2D eigenvalue weighted by Gasteiger charge is 2.09. The van der Waals surface area contributed by atoms with Gasteiger partial charge in [-0.25, -0.2) is 0 Å². The topological polar surface area (TPSA) is 3.24 Å². The van der Waals surface area contributed by atoms with E-state index in [1.807, 2.05) is 12.1 Å². The lowest BCUT2D eigenvalue weighted by atomic mass is 10.0. The van der Waals surface area contributed by atoms with Crippen molar-refractivity contribution >= 4 is 6.08 Å². The van der Waals surface area contributed by atoms with Gasteiger partial charge in [-0.1, -0.05) is 36.9 Å². The SMILES string of the molecule is C=Cc1ccccc1C(C)N(C)C. The Hall–Kier alpha value is -1.08. The highest BCUT2D eigenvalue weighted by molar-refractivity contribution is 5.52. The van der Waals surface area contributed by atoms with Gasteiger partial charge in [0.1, 0.15) is 0 Å². The van der Waals surface area contributed by atoms with E-state index in [1.165, 1.54) is 11.1 Å². The maximum Gasteiger partial charge on any atom is 0.0319 e. The van der Waals surface area contributed by atoms with E-state index in [-0.39, 0.29) is 0 Å². The van der Waals surface area contributed by atoms with Crippen LogP contribution in [0.5, 0.6) is 0 Å². The summed E-state index contributed by atoms with van der Waals surface area (Å²) in [7, 11) is 4.18. The molecule has 0 spiro atoms. The predicted octanol–water partition coefficient (Wildman–Crippen LogP) is 2.95. The van der Waals surface area contributed by atoms with Crippen molar-refractivity contribution in [2.75, 3.05) is 14.1 Å². The second-order valence-corrected chi connectivity index (χ2v) is 3.47. The standard InChI is InChI=1S/C12H17N/c1-5-11-8-6-7-9-12(11)10(2)13(3)4/h5-10H,1H2,2-4H3. The van der Waals surface area contributed by atoms with Gasteiger partial charge < -0.3 is 4.90 Å². The average Bonchev–Trinajstić information content (AvgIpc) is 2.16. The molecule has 1 aromatic rings. The molecule has 0 radical (unpaired) electrons. The van der Waals surface area contributed by atoms with Crippen molar-refractivity contribution in [3.8, 4) is 0 Å². The van der Waals surface area contributed by atoms with E-state index in [9.17, 15) is 0 Å². The van der Waals surface area contributed by atoms with Crippen molar-refractivity contribution in [3.05, 3.63) is 42.0 Å². The Kier molecular flexibility index (Phi) is 3.26. The average molecular weight is 175 g/mol. The maximum atomic E-state index is 3.81. The van der Waals surface area contributed by atoms with Crippen LogP contribution in [0.4, 0.5) is 0 Å². The van der Waals surface area contributed by atoms with E-state index in [2.05, 4.69) is 50.7 Å².